The number of anilines is 1. The minimum absolute atomic E-state index is 0.00637. The second kappa shape index (κ2) is 18.1. The highest BCUT2D eigenvalue weighted by molar-refractivity contribution is 5.91. The topological polar surface area (TPSA) is 58.7 Å². The molecule has 4 rings (SSSR count). The average Bonchev–Trinajstić information content (AvgIpc) is 3.45. The van der Waals surface area contributed by atoms with Crippen LogP contribution in [0.5, 0.6) is 11.5 Å². The van der Waals surface area contributed by atoms with Crippen molar-refractivity contribution in [1.29, 1.82) is 0 Å². The first-order chi connectivity index (χ1) is 21.6. The van der Waals surface area contributed by atoms with Crippen LogP contribution >= 0.6 is 0 Å². The van der Waals surface area contributed by atoms with Crippen molar-refractivity contribution in [1.82, 2.24) is 4.98 Å². The van der Waals surface area contributed by atoms with Crippen molar-refractivity contribution < 1.29 is 18.7 Å². The summed E-state index contributed by atoms with van der Waals surface area (Å²) < 4.78 is 13.9. The van der Waals surface area contributed by atoms with Crippen LogP contribution in [0.4, 0.5) is 5.69 Å². The molecular weight excluding hydrogens is 546 g/mol. The molecule has 2 aromatic heterocycles. The molecule has 0 aliphatic carbocycles. The molecule has 44 heavy (non-hydrogen) atoms. The van der Waals surface area contributed by atoms with E-state index >= 15 is 0 Å². The maximum atomic E-state index is 12.8. The Kier molecular flexibility index (Phi) is 13.6. The molecule has 236 valence electrons. The van der Waals surface area contributed by atoms with E-state index in [9.17, 15) is 4.79 Å². The number of carbonyl (C=O) groups excluding carboxylic acids is 1. The zero-order valence-corrected chi connectivity index (χ0v) is 27.2. The summed E-state index contributed by atoms with van der Waals surface area (Å²) in [6.45, 7) is 5.03. The second-order valence-corrected chi connectivity index (χ2v) is 11.9. The molecule has 0 aliphatic heterocycles. The van der Waals surface area contributed by atoms with Crippen molar-refractivity contribution in [2.75, 3.05) is 18.6 Å². The van der Waals surface area contributed by atoms with Gasteiger partial charge in [-0.3, -0.25) is 4.79 Å². The van der Waals surface area contributed by atoms with Crippen molar-refractivity contribution in [2.24, 2.45) is 0 Å². The highest BCUT2D eigenvalue weighted by Gasteiger charge is 2.17. The number of nitrogens with zero attached hydrogens (tertiary/aromatic N) is 2. The van der Waals surface area contributed by atoms with Crippen LogP contribution in [0.3, 0.4) is 0 Å². The number of aromatic amines is 1. The number of methoxy groups -OCH3 is 1. The molecule has 0 bridgehead atoms. The molecule has 2 aromatic carbocycles. The van der Waals surface area contributed by atoms with Crippen molar-refractivity contribution in [3.8, 4) is 11.5 Å². The van der Waals surface area contributed by atoms with Gasteiger partial charge in [-0.05, 0) is 53.9 Å². The predicted octanol–water partition coefficient (Wildman–Crippen LogP) is 8.99. The minimum Gasteiger partial charge on any atom is -0.493 e. The molecule has 2 heterocycles. The van der Waals surface area contributed by atoms with Crippen LogP contribution < -0.4 is 18.8 Å². The SMILES string of the molecule is CCCCCCCCCCCCCCOc1ccc(CN(C(C)=O)c2cccc(Cc3[nH]cc4cccc[n+]34)c2)cc1OC. The van der Waals surface area contributed by atoms with E-state index < -0.39 is 0 Å². The van der Waals surface area contributed by atoms with Crippen LogP contribution in [0.25, 0.3) is 5.52 Å². The maximum Gasteiger partial charge on any atom is 0.263 e. The van der Waals surface area contributed by atoms with Crippen molar-refractivity contribution in [2.45, 2.75) is 104 Å². The zero-order valence-electron chi connectivity index (χ0n) is 27.2. The van der Waals surface area contributed by atoms with Crippen molar-refractivity contribution in [3.63, 3.8) is 0 Å². The lowest BCUT2D eigenvalue weighted by Gasteiger charge is -2.22. The smallest absolute Gasteiger partial charge is 0.263 e. The number of hydrogen-bond acceptors (Lipinski definition) is 3. The first-order valence-electron chi connectivity index (χ1n) is 16.7. The van der Waals surface area contributed by atoms with Gasteiger partial charge in [0, 0.05) is 12.6 Å². The maximum absolute atomic E-state index is 12.8. The summed E-state index contributed by atoms with van der Waals surface area (Å²) in [6.07, 6.45) is 20.7. The van der Waals surface area contributed by atoms with E-state index in [-0.39, 0.29) is 5.91 Å². The van der Waals surface area contributed by atoms with E-state index in [1.807, 2.05) is 53.6 Å². The number of unbranched alkanes of at least 4 members (excludes halogenated alkanes) is 11. The number of pyridine rings is 1. The van der Waals surface area contributed by atoms with Gasteiger partial charge >= 0.3 is 0 Å². The number of hydrogen-bond donors (Lipinski definition) is 1. The highest BCUT2D eigenvalue weighted by Crippen LogP contribution is 2.30. The highest BCUT2D eigenvalue weighted by atomic mass is 16.5. The molecular formula is C38H52N3O3+. The summed E-state index contributed by atoms with van der Waals surface area (Å²) >= 11 is 0. The number of aromatic nitrogens is 2. The average molecular weight is 599 g/mol. The minimum atomic E-state index is -0.00637. The predicted molar refractivity (Wildman–Crippen MR) is 180 cm³/mol. The quantitative estimate of drug-likeness (QED) is 0.0816. The Morgan fingerprint density at radius 2 is 1.52 bits per heavy atom. The summed E-state index contributed by atoms with van der Waals surface area (Å²) in [6, 6.07) is 20.3. The van der Waals surface area contributed by atoms with Crippen LogP contribution in [0.2, 0.25) is 0 Å². The number of benzene rings is 2. The lowest BCUT2D eigenvalue weighted by Crippen LogP contribution is -2.28. The van der Waals surface area contributed by atoms with Gasteiger partial charge in [-0.2, -0.15) is 4.40 Å². The largest absolute Gasteiger partial charge is 0.493 e. The fourth-order valence-corrected chi connectivity index (χ4v) is 5.83. The fourth-order valence-electron chi connectivity index (χ4n) is 5.83. The Morgan fingerprint density at radius 1 is 0.795 bits per heavy atom. The Labute approximate surface area is 264 Å². The molecule has 6 nitrogen and oxygen atoms in total. The molecule has 0 unspecified atom stereocenters. The van der Waals surface area contributed by atoms with Gasteiger partial charge in [0.1, 0.15) is 6.20 Å². The van der Waals surface area contributed by atoms with E-state index in [4.69, 9.17) is 9.47 Å². The Hall–Kier alpha value is -3.80. The number of imidazole rings is 1. The molecule has 0 spiro atoms. The number of rotatable bonds is 20. The van der Waals surface area contributed by atoms with Crippen LogP contribution in [-0.2, 0) is 17.8 Å². The van der Waals surface area contributed by atoms with Gasteiger partial charge in [0.2, 0.25) is 5.91 Å². The van der Waals surface area contributed by atoms with Gasteiger partial charge in [-0.15, -0.1) is 0 Å². The number of fused-ring (bicyclic) bond motifs is 1. The van der Waals surface area contributed by atoms with Gasteiger partial charge < -0.3 is 14.4 Å². The van der Waals surface area contributed by atoms with Gasteiger partial charge in [0.25, 0.3) is 5.82 Å². The Balaban J connectivity index is 1.25. The van der Waals surface area contributed by atoms with Crippen molar-refractivity contribution >= 4 is 17.1 Å². The third-order valence-corrected chi connectivity index (χ3v) is 8.37. The summed E-state index contributed by atoms with van der Waals surface area (Å²) in [7, 11) is 1.67. The van der Waals surface area contributed by atoms with Gasteiger partial charge in [0.15, 0.2) is 17.0 Å². The molecule has 1 amide bonds. The number of nitrogens with one attached hydrogen (secondary N) is 1. The van der Waals surface area contributed by atoms with Crippen LogP contribution in [-0.4, -0.2) is 24.6 Å². The summed E-state index contributed by atoms with van der Waals surface area (Å²) in [5, 5.41) is 0. The molecule has 0 radical (unpaired) electrons. The number of amides is 1. The van der Waals surface area contributed by atoms with E-state index in [2.05, 4.69) is 40.7 Å². The van der Waals surface area contributed by atoms with E-state index in [0.717, 1.165) is 46.7 Å². The standard InChI is InChI=1S/C38H51N3O3/c1-4-5-6-7-8-9-10-11-12-13-14-17-25-44-36-23-22-33(27-37(36)43-3)30-41(31(2)42)34-21-18-19-32(26-34)28-38-39-29-35-20-15-16-24-40(35)38/h15-16,18-24,26-27,29H,4-14,17,25,28,30H2,1-3H3/p+1. The van der Waals surface area contributed by atoms with Crippen molar-refractivity contribution in [3.05, 3.63) is 90.0 Å². The molecule has 4 aromatic rings. The molecule has 0 fully saturated rings. The van der Waals surface area contributed by atoms with E-state index in [0.29, 0.717) is 18.9 Å². The Morgan fingerprint density at radius 3 is 2.23 bits per heavy atom. The normalized spacial score (nSPS) is 11.2. The van der Waals surface area contributed by atoms with E-state index in [1.54, 1.807) is 14.0 Å². The summed E-state index contributed by atoms with van der Waals surface area (Å²) in [5.74, 6) is 2.55. The second-order valence-electron chi connectivity index (χ2n) is 11.9. The zero-order chi connectivity index (χ0) is 31.0. The van der Waals surface area contributed by atoms with Crippen LogP contribution in [0, 0.1) is 0 Å². The summed E-state index contributed by atoms with van der Waals surface area (Å²) in [4.78, 5) is 18.0. The van der Waals surface area contributed by atoms with Gasteiger partial charge in [0.05, 0.1) is 32.9 Å². The monoisotopic (exact) mass is 598 g/mol. The first-order valence-corrected chi connectivity index (χ1v) is 16.7. The number of carbonyl (C=O) groups is 1. The lowest BCUT2D eigenvalue weighted by atomic mass is 10.1. The molecule has 0 saturated carbocycles. The van der Waals surface area contributed by atoms with Crippen LogP contribution in [0.15, 0.2) is 73.1 Å². The summed E-state index contributed by atoms with van der Waals surface area (Å²) in [5.41, 5.74) is 4.13. The van der Waals surface area contributed by atoms with E-state index in [1.165, 1.54) is 70.6 Å². The molecule has 1 N–H and O–H groups in total. The third kappa shape index (κ3) is 10.1. The van der Waals surface area contributed by atoms with Crippen LogP contribution in [0.1, 0.15) is 108 Å². The Bertz CT molecular complexity index is 1430. The molecule has 0 atom stereocenters. The molecule has 0 saturated heterocycles. The third-order valence-electron chi connectivity index (χ3n) is 8.37. The van der Waals surface area contributed by atoms with Gasteiger partial charge in [-0.1, -0.05) is 102 Å². The van der Waals surface area contributed by atoms with Gasteiger partial charge in [-0.25, -0.2) is 4.98 Å². The number of H-pyrrole nitrogens is 1. The molecule has 0 aliphatic rings. The molecule has 6 heteroatoms. The number of ether oxygens (including phenoxy) is 2. The fraction of sp³-hybridized carbons (Fsp3) is 0.474. The lowest BCUT2D eigenvalue weighted by molar-refractivity contribution is -0.520. The first kappa shape index (κ1) is 33.1.